The maximum Gasteiger partial charge on any atom is 0.298 e. The summed E-state index contributed by atoms with van der Waals surface area (Å²) in [5.74, 6) is 0.956. The third kappa shape index (κ3) is 3.15. The summed E-state index contributed by atoms with van der Waals surface area (Å²) < 4.78 is 8.94. The molecule has 1 fully saturated rings. The summed E-state index contributed by atoms with van der Waals surface area (Å²) in [5, 5.41) is 8.50. The minimum absolute atomic E-state index is 0.106. The predicted octanol–water partition coefficient (Wildman–Crippen LogP) is 1.88. The highest BCUT2D eigenvalue weighted by Crippen LogP contribution is 2.26. The van der Waals surface area contributed by atoms with Crippen LogP contribution in [-0.4, -0.2) is 42.6 Å². The van der Waals surface area contributed by atoms with Gasteiger partial charge in [0.15, 0.2) is 11.4 Å². The van der Waals surface area contributed by atoms with Crippen LogP contribution in [0.25, 0.3) is 16.9 Å². The van der Waals surface area contributed by atoms with E-state index in [4.69, 9.17) is 4.42 Å². The first-order valence-electron chi connectivity index (χ1n) is 9.30. The zero-order valence-electron chi connectivity index (χ0n) is 15.2. The van der Waals surface area contributed by atoms with Crippen LogP contribution in [-0.2, 0) is 6.54 Å². The van der Waals surface area contributed by atoms with Crippen molar-refractivity contribution in [2.45, 2.75) is 19.4 Å². The number of rotatable bonds is 4. The van der Waals surface area contributed by atoms with Crippen LogP contribution in [0.4, 0.5) is 6.01 Å². The summed E-state index contributed by atoms with van der Waals surface area (Å²) in [6.07, 6.45) is 4.90. The van der Waals surface area contributed by atoms with Crippen LogP contribution < -0.4 is 10.5 Å². The molecule has 0 radical (unpaired) electrons. The first kappa shape index (κ1) is 16.7. The predicted molar refractivity (Wildman–Crippen MR) is 102 cm³/mol. The minimum atomic E-state index is -0.106. The van der Waals surface area contributed by atoms with E-state index >= 15 is 0 Å². The van der Waals surface area contributed by atoms with Crippen molar-refractivity contribution in [3.8, 4) is 5.82 Å². The zero-order chi connectivity index (χ0) is 18.9. The minimum Gasteiger partial charge on any atom is -0.423 e. The second-order valence-corrected chi connectivity index (χ2v) is 6.95. The normalized spacial score (nSPS) is 15.4. The molecule has 9 nitrogen and oxygen atoms in total. The SMILES string of the molecule is O=c1ccc(-n2cncn2)nn1CC1CCN(c2nc3ccccc3o2)CC1. The molecule has 5 rings (SSSR count). The maximum absolute atomic E-state index is 12.2. The Morgan fingerprint density at radius 1 is 1.11 bits per heavy atom. The van der Waals surface area contributed by atoms with Gasteiger partial charge >= 0.3 is 0 Å². The molecule has 0 amide bonds. The number of nitrogens with zero attached hydrogens (tertiary/aromatic N) is 7. The Bertz CT molecular complexity index is 1110. The number of hydrogen-bond acceptors (Lipinski definition) is 7. The smallest absolute Gasteiger partial charge is 0.298 e. The number of benzene rings is 1. The van der Waals surface area contributed by atoms with Gasteiger partial charge in [0, 0.05) is 25.7 Å². The lowest BCUT2D eigenvalue weighted by molar-refractivity contribution is 0.327. The van der Waals surface area contributed by atoms with Gasteiger partial charge in [-0.1, -0.05) is 12.1 Å². The fourth-order valence-corrected chi connectivity index (χ4v) is 3.56. The van der Waals surface area contributed by atoms with Gasteiger partial charge in [0.2, 0.25) is 0 Å². The largest absolute Gasteiger partial charge is 0.423 e. The number of para-hydroxylation sites is 2. The van der Waals surface area contributed by atoms with Gasteiger partial charge in [0.05, 0.1) is 0 Å². The fourth-order valence-electron chi connectivity index (χ4n) is 3.56. The van der Waals surface area contributed by atoms with Crippen LogP contribution in [0.15, 0.2) is 58.3 Å². The lowest BCUT2D eigenvalue weighted by Gasteiger charge is -2.30. The molecule has 1 aliphatic rings. The molecule has 142 valence electrons. The van der Waals surface area contributed by atoms with Crippen molar-refractivity contribution >= 4 is 17.1 Å². The average molecular weight is 377 g/mol. The molecular formula is C19H19N7O2. The van der Waals surface area contributed by atoms with Crippen LogP contribution in [0.3, 0.4) is 0 Å². The summed E-state index contributed by atoms with van der Waals surface area (Å²) in [4.78, 5) is 22.9. The molecule has 9 heteroatoms. The van der Waals surface area contributed by atoms with Crippen molar-refractivity contribution < 1.29 is 4.42 Å². The number of aromatic nitrogens is 6. The third-order valence-electron chi connectivity index (χ3n) is 5.10. The molecule has 0 bridgehead atoms. The molecule has 4 heterocycles. The molecule has 28 heavy (non-hydrogen) atoms. The van der Waals surface area contributed by atoms with E-state index < -0.39 is 0 Å². The van der Waals surface area contributed by atoms with Crippen molar-refractivity contribution in [1.82, 2.24) is 29.5 Å². The van der Waals surface area contributed by atoms with Crippen molar-refractivity contribution in [1.29, 1.82) is 0 Å². The second-order valence-electron chi connectivity index (χ2n) is 6.95. The summed E-state index contributed by atoms with van der Waals surface area (Å²) >= 11 is 0. The lowest BCUT2D eigenvalue weighted by atomic mass is 9.97. The Balaban J connectivity index is 1.27. The van der Waals surface area contributed by atoms with Crippen molar-refractivity contribution in [2.75, 3.05) is 18.0 Å². The summed E-state index contributed by atoms with van der Waals surface area (Å²) in [6.45, 7) is 2.27. The molecule has 1 aromatic carbocycles. The summed E-state index contributed by atoms with van der Waals surface area (Å²) in [5.41, 5.74) is 1.57. The van der Waals surface area contributed by atoms with Crippen LogP contribution in [0.5, 0.6) is 0 Å². The van der Waals surface area contributed by atoms with Gasteiger partial charge in [-0.25, -0.2) is 14.3 Å². The number of hydrogen-bond donors (Lipinski definition) is 0. The van der Waals surface area contributed by atoms with Crippen LogP contribution in [0, 0.1) is 5.92 Å². The van der Waals surface area contributed by atoms with Crippen molar-refractivity contribution in [3.63, 3.8) is 0 Å². The van der Waals surface area contributed by atoms with Crippen molar-refractivity contribution in [2.24, 2.45) is 5.92 Å². The van der Waals surface area contributed by atoms with E-state index in [1.165, 1.54) is 17.1 Å². The molecule has 3 aromatic heterocycles. The molecule has 0 aliphatic carbocycles. The Kier molecular flexibility index (Phi) is 4.12. The van der Waals surface area contributed by atoms with E-state index in [-0.39, 0.29) is 5.56 Å². The van der Waals surface area contributed by atoms with Gasteiger partial charge in [-0.2, -0.15) is 10.1 Å². The highest BCUT2D eigenvalue weighted by atomic mass is 16.4. The molecule has 0 N–H and O–H groups in total. The van der Waals surface area contributed by atoms with E-state index in [1.54, 1.807) is 17.1 Å². The molecule has 0 atom stereocenters. The first-order chi connectivity index (χ1) is 13.8. The maximum atomic E-state index is 12.2. The Labute approximate surface area is 160 Å². The van der Waals surface area contributed by atoms with Crippen LogP contribution >= 0.6 is 0 Å². The number of piperidine rings is 1. The Morgan fingerprint density at radius 3 is 2.75 bits per heavy atom. The quantitative estimate of drug-likeness (QED) is 0.536. The first-order valence-corrected chi connectivity index (χ1v) is 9.30. The Hall–Kier alpha value is -3.49. The van der Waals surface area contributed by atoms with Gasteiger partial charge in [0.1, 0.15) is 18.2 Å². The van der Waals surface area contributed by atoms with E-state index in [0.717, 1.165) is 37.0 Å². The monoisotopic (exact) mass is 377 g/mol. The number of anilines is 1. The molecule has 4 aromatic rings. The van der Waals surface area contributed by atoms with E-state index in [9.17, 15) is 4.79 Å². The molecule has 0 saturated carbocycles. The fraction of sp³-hybridized carbons (Fsp3) is 0.316. The molecular weight excluding hydrogens is 358 g/mol. The number of oxazole rings is 1. The molecule has 1 aliphatic heterocycles. The van der Waals surface area contributed by atoms with Crippen LogP contribution in [0.1, 0.15) is 12.8 Å². The average Bonchev–Trinajstić information content (AvgIpc) is 3.40. The van der Waals surface area contributed by atoms with Gasteiger partial charge in [0.25, 0.3) is 11.6 Å². The van der Waals surface area contributed by atoms with Crippen molar-refractivity contribution in [3.05, 3.63) is 59.4 Å². The summed E-state index contributed by atoms with van der Waals surface area (Å²) in [6, 6.07) is 11.6. The van der Waals surface area contributed by atoms with Gasteiger partial charge < -0.3 is 9.32 Å². The molecule has 1 saturated heterocycles. The number of fused-ring (bicyclic) bond motifs is 1. The Morgan fingerprint density at radius 2 is 1.96 bits per heavy atom. The highest BCUT2D eigenvalue weighted by molar-refractivity contribution is 5.74. The zero-order valence-corrected chi connectivity index (χ0v) is 15.2. The molecule has 0 spiro atoms. The standard InChI is InChI=1S/C19H19N7O2/c27-18-6-5-17(26-13-20-12-21-26)23-25(18)11-14-7-9-24(10-8-14)19-22-15-3-1-2-4-16(15)28-19/h1-6,12-14H,7-11H2. The van der Waals surface area contributed by atoms with E-state index in [0.29, 0.717) is 24.3 Å². The van der Waals surface area contributed by atoms with Gasteiger partial charge in [-0.15, -0.1) is 5.10 Å². The van der Waals surface area contributed by atoms with Crippen LogP contribution in [0.2, 0.25) is 0 Å². The lowest BCUT2D eigenvalue weighted by Crippen LogP contribution is -2.37. The van der Waals surface area contributed by atoms with E-state index in [1.807, 2.05) is 24.3 Å². The topological polar surface area (TPSA) is 94.9 Å². The third-order valence-corrected chi connectivity index (χ3v) is 5.10. The highest BCUT2D eigenvalue weighted by Gasteiger charge is 2.23. The molecule has 0 unspecified atom stereocenters. The van der Waals surface area contributed by atoms with Gasteiger partial charge in [-0.05, 0) is 37.0 Å². The van der Waals surface area contributed by atoms with Gasteiger partial charge in [-0.3, -0.25) is 4.79 Å². The second kappa shape index (κ2) is 6.91. The summed E-state index contributed by atoms with van der Waals surface area (Å²) in [7, 11) is 0. The van der Waals surface area contributed by atoms with E-state index in [2.05, 4.69) is 25.1 Å².